The lowest BCUT2D eigenvalue weighted by Crippen LogP contribution is -2.34. The van der Waals surface area contributed by atoms with Crippen LogP contribution in [0.25, 0.3) is 0 Å². The number of ether oxygens (including phenoxy) is 2. The zero-order valence-electron chi connectivity index (χ0n) is 5.40. The number of hydrogen-bond donors (Lipinski definition) is 0. The monoisotopic (exact) mass is 120 g/mol. The fourth-order valence-electron chi connectivity index (χ4n) is 0.192. The van der Waals surface area contributed by atoms with Crippen LogP contribution in [0.3, 0.4) is 0 Å². The molecule has 0 rings (SSSR count). The first-order valence-corrected chi connectivity index (χ1v) is 2.35. The van der Waals surface area contributed by atoms with Gasteiger partial charge in [-0.15, -0.1) is 0 Å². The van der Waals surface area contributed by atoms with Gasteiger partial charge in [0.1, 0.15) is 0 Å². The topological polar surface area (TPSA) is 18.5 Å². The summed E-state index contributed by atoms with van der Waals surface area (Å²) in [4.78, 5) is 0. The molecule has 48 valence electrons. The first kappa shape index (κ1) is 7.91. The highest BCUT2D eigenvalue weighted by molar-refractivity contribution is 6.29. The lowest BCUT2D eigenvalue weighted by Gasteiger charge is -2.20. The van der Waals surface area contributed by atoms with Crippen LogP contribution in [0.1, 0.15) is 6.92 Å². The van der Waals surface area contributed by atoms with E-state index in [1.165, 1.54) is 21.1 Å². The van der Waals surface area contributed by atoms with Crippen molar-refractivity contribution in [3.05, 3.63) is 0 Å². The molecule has 2 nitrogen and oxygen atoms in total. The summed E-state index contributed by atoms with van der Waals surface area (Å²) < 4.78 is 21.1. The molecule has 0 unspecified atom stereocenters. The molecule has 0 fully saturated rings. The molecule has 0 atom stereocenters. The normalized spacial score (nSPS) is 11.5. The minimum Gasteiger partial charge on any atom is -0.358 e. The molecule has 0 heterocycles. The van der Waals surface area contributed by atoms with Crippen LogP contribution in [0.5, 0.6) is 0 Å². The smallest absolute Gasteiger partial charge is 0.358 e. The average molecular weight is 120 g/mol. The average Bonchev–Trinajstić information content (AvgIpc) is 1.87. The van der Waals surface area contributed by atoms with E-state index in [4.69, 9.17) is 0 Å². The third-order valence-electron chi connectivity index (χ3n) is 1.11. The molecule has 0 amide bonds. The van der Waals surface area contributed by atoms with Crippen molar-refractivity contribution in [2.75, 3.05) is 14.2 Å². The summed E-state index contributed by atoms with van der Waals surface area (Å²) in [6, 6.07) is 0. The minimum atomic E-state index is -1.04. The summed E-state index contributed by atoms with van der Waals surface area (Å²) in [5.74, 6) is 0. The second-order valence-electron chi connectivity index (χ2n) is 1.68. The van der Waals surface area contributed by atoms with Gasteiger partial charge in [0.15, 0.2) is 5.69 Å². The molecule has 0 saturated carbocycles. The minimum absolute atomic E-state index is 0.625. The van der Waals surface area contributed by atoms with Gasteiger partial charge in [-0.25, -0.2) is 0 Å². The van der Waals surface area contributed by atoms with Gasteiger partial charge in [-0.3, -0.25) is 0 Å². The maximum absolute atomic E-state index is 11.8. The molecule has 0 aromatic carbocycles. The molecule has 0 radical (unpaired) electrons. The van der Waals surface area contributed by atoms with Crippen LogP contribution in [0, 0.1) is 0 Å². The van der Waals surface area contributed by atoms with Crippen molar-refractivity contribution >= 4 is 7.56 Å². The van der Waals surface area contributed by atoms with E-state index in [1.807, 2.05) is 0 Å². The van der Waals surface area contributed by atoms with Crippen LogP contribution in [0.15, 0.2) is 0 Å². The molecular weight excluding hydrogens is 110 g/mol. The molecule has 8 heavy (non-hydrogen) atoms. The number of methoxy groups -OCH3 is 2. The van der Waals surface area contributed by atoms with E-state index in [0.717, 1.165) is 0 Å². The Balaban J connectivity index is 3.58. The summed E-state index contributed by atoms with van der Waals surface area (Å²) in [7, 11) is 2.19. The fourth-order valence-corrected chi connectivity index (χ4v) is 0.192. The van der Waals surface area contributed by atoms with Crippen LogP contribution < -0.4 is 0 Å². The maximum Gasteiger partial charge on any atom is 0.396 e. The van der Waals surface area contributed by atoms with E-state index in [1.54, 1.807) is 0 Å². The summed E-state index contributed by atoms with van der Waals surface area (Å²) in [5, 5.41) is 0. The molecule has 0 aliphatic heterocycles. The molecule has 0 spiro atoms. The predicted octanol–water partition coefficient (Wildman–Crippen LogP) is 0.274. The van der Waals surface area contributed by atoms with Gasteiger partial charge in [-0.05, 0) is 6.92 Å². The number of hydrogen-bond acceptors (Lipinski definition) is 2. The van der Waals surface area contributed by atoms with Gasteiger partial charge in [0.25, 0.3) is 0 Å². The van der Waals surface area contributed by atoms with Crippen LogP contribution in [0.2, 0.25) is 0 Å². The predicted molar refractivity (Wildman–Crippen MR) is 30.7 cm³/mol. The molecule has 0 saturated heterocycles. The number of rotatable bonds is 3. The summed E-state index contributed by atoms with van der Waals surface area (Å²) in [5.41, 5.74) is -1.04. The van der Waals surface area contributed by atoms with Crippen molar-refractivity contribution in [3.8, 4) is 0 Å². The molecule has 0 bridgehead atoms. The Morgan fingerprint density at radius 3 is 1.75 bits per heavy atom. The van der Waals surface area contributed by atoms with Crippen molar-refractivity contribution in [2.24, 2.45) is 0 Å². The summed E-state index contributed by atoms with van der Waals surface area (Å²) in [6.45, 7) is 1.53. The maximum atomic E-state index is 11.8. The largest absolute Gasteiger partial charge is 0.396 e. The standard InChI is InChI=1S/C4H10BFO2/c1-4(5-6,7-2)8-3/h5H,1-3H3. The van der Waals surface area contributed by atoms with Crippen molar-refractivity contribution in [1.29, 1.82) is 0 Å². The van der Waals surface area contributed by atoms with Gasteiger partial charge >= 0.3 is 7.56 Å². The molecule has 0 N–H and O–H groups in total. The Kier molecular flexibility index (Phi) is 3.01. The van der Waals surface area contributed by atoms with Gasteiger partial charge in [0.2, 0.25) is 0 Å². The highest BCUT2D eigenvalue weighted by Gasteiger charge is 2.24. The van der Waals surface area contributed by atoms with Crippen LogP contribution >= 0.6 is 0 Å². The third kappa shape index (κ3) is 1.80. The molecular formula is C4H10BFO2. The molecule has 4 heteroatoms. The Hall–Kier alpha value is -0.0851. The van der Waals surface area contributed by atoms with Gasteiger partial charge in [0, 0.05) is 14.2 Å². The first-order chi connectivity index (χ1) is 3.68. The van der Waals surface area contributed by atoms with Crippen molar-refractivity contribution < 1.29 is 13.8 Å². The van der Waals surface area contributed by atoms with E-state index in [0.29, 0.717) is 0 Å². The zero-order chi connectivity index (χ0) is 6.62. The van der Waals surface area contributed by atoms with Crippen LogP contribution in [0.4, 0.5) is 4.32 Å². The Morgan fingerprint density at radius 2 is 1.75 bits per heavy atom. The lowest BCUT2D eigenvalue weighted by atomic mass is 9.91. The third-order valence-corrected chi connectivity index (χ3v) is 1.11. The van der Waals surface area contributed by atoms with E-state index in [2.05, 4.69) is 9.47 Å². The van der Waals surface area contributed by atoms with Gasteiger partial charge in [-0.2, -0.15) is 0 Å². The molecule has 0 aromatic rings. The van der Waals surface area contributed by atoms with E-state index >= 15 is 0 Å². The van der Waals surface area contributed by atoms with E-state index < -0.39 is 13.2 Å². The Morgan fingerprint density at radius 1 is 1.38 bits per heavy atom. The Labute approximate surface area is 49.3 Å². The molecule has 0 aliphatic rings. The molecule has 0 aromatic heterocycles. The van der Waals surface area contributed by atoms with Crippen molar-refractivity contribution in [1.82, 2.24) is 0 Å². The molecule has 0 aliphatic carbocycles. The highest BCUT2D eigenvalue weighted by atomic mass is 19.1. The summed E-state index contributed by atoms with van der Waals surface area (Å²) in [6.07, 6.45) is 0. The summed E-state index contributed by atoms with van der Waals surface area (Å²) >= 11 is 0. The second-order valence-corrected chi connectivity index (χ2v) is 1.68. The van der Waals surface area contributed by atoms with Crippen LogP contribution in [-0.4, -0.2) is 27.5 Å². The van der Waals surface area contributed by atoms with E-state index in [9.17, 15) is 4.32 Å². The van der Waals surface area contributed by atoms with Crippen molar-refractivity contribution in [3.63, 3.8) is 0 Å². The zero-order valence-corrected chi connectivity index (χ0v) is 5.40. The quantitative estimate of drug-likeness (QED) is 0.393. The highest BCUT2D eigenvalue weighted by Crippen LogP contribution is 2.06. The lowest BCUT2D eigenvalue weighted by molar-refractivity contribution is -0.134. The van der Waals surface area contributed by atoms with Crippen molar-refractivity contribution in [2.45, 2.75) is 12.6 Å². The number of halogens is 1. The Bertz CT molecular complexity index is 56.8. The second kappa shape index (κ2) is 3.04. The van der Waals surface area contributed by atoms with Crippen LogP contribution in [-0.2, 0) is 9.47 Å². The SMILES string of the molecule is COC(C)(BF)OC. The first-order valence-electron chi connectivity index (χ1n) is 2.35. The van der Waals surface area contributed by atoms with Gasteiger partial charge < -0.3 is 13.8 Å². The van der Waals surface area contributed by atoms with Gasteiger partial charge in [0.05, 0.1) is 0 Å². The van der Waals surface area contributed by atoms with E-state index in [-0.39, 0.29) is 0 Å². The van der Waals surface area contributed by atoms with Gasteiger partial charge in [-0.1, -0.05) is 0 Å². The fraction of sp³-hybridized carbons (Fsp3) is 1.00.